The van der Waals surface area contributed by atoms with Crippen LogP contribution < -0.4 is 10.6 Å². The summed E-state index contributed by atoms with van der Waals surface area (Å²) in [5, 5.41) is 9.33. The van der Waals surface area contributed by atoms with Gasteiger partial charge >= 0.3 is 6.18 Å². The molecule has 0 amide bonds. The topological polar surface area (TPSA) is 65.4 Å². The molecule has 0 aliphatic heterocycles. The Morgan fingerprint density at radius 3 is 2.62 bits per heavy atom. The van der Waals surface area contributed by atoms with Gasteiger partial charge in [0.1, 0.15) is 5.82 Å². The Labute approximate surface area is 190 Å². The lowest BCUT2D eigenvalue weighted by Gasteiger charge is -2.21. The van der Waals surface area contributed by atoms with E-state index in [1.54, 1.807) is 11.3 Å². The van der Waals surface area contributed by atoms with E-state index in [-0.39, 0.29) is 24.0 Å². The van der Waals surface area contributed by atoms with Crippen molar-refractivity contribution in [3.05, 3.63) is 40.0 Å². The molecule has 0 fully saturated rings. The number of aryl methyl sites for hydroxylation is 1. The Kier molecular flexibility index (Phi) is 10.6. The molecule has 0 saturated carbocycles. The van der Waals surface area contributed by atoms with E-state index in [0.29, 0.717) is 25.5 Å². The van der Waals surface area contributed by atoms with Crippen LogP contribution in [0, 0.1) is 6.92 Å². The van der Waals surface area contributed by atoms with Gasteiger partial charge in [0, 0.05) is 38.3 Å². The molecular formula is C18H26F3IN6S. The van der Waals surface area contributed by atoms with Crippen molar-refractivity contribution in [2.75, 3.05) is 32.0 Å². The number of hydrogen-bond acceptors (Lipinski definition) is 5. The van der Waals surface area contributed by atoms with E-state index in [1.165, 1.54) is 6.07 Å². The molecule has 0 aliphatic carbocycles. The summed E-state index contributed by atoms with van der Waals surface area (Å²) in [7, 11) is 1.96. The molecule has 0 unspecified atom stereocenters. The van der Waals surface area contributed by atoms with Crippen LogP contribution in [0.5, 0.6) is 0 Å². The smallest absolute Gasteiger partial charge is 0.370 e. The molecule has 0 aromatic carbocycles. The molecule has 2 aromatic heterocycles. The molecular weight excluding hydrogens is 516 g/mol. The van der Waals surface area contributed by atoms with Crippen molar-refractivity contribution in [2.45, 2.75) is 33.0 Å². The highest BCUT2D eigenvalue weighted by Crippen LogP contribution is 2.28. The third kappa shape index (κ3) is 8.72. The van der Waals surface area contributed by atoms with Gasteiger partial charge in [-0.3, -0.25) is 4.99 Å². The summed E-state index contributed by atoms with van der Waals surface area (Å²) in [4.78, 5) is 14.9. The second-order valence-electron chi connectivity index (χ2n) is 6.16. The van der Waals surface area contributed by atoms with Gasteiger partial charge in [-0.2, -0.15) is 13.2 Å². The SMILES string of the molecule is CCNC(=NCCCNc1ccc(C(F)(F)F)cn1)N(C)Cc1csc(C)n1.I. The van der Waals surface area contributed by atoms with Crippen molar-refractivity contribution in [2.24, 2.45) is 4.99 Å². The van der Waals surface area contributed by atoms with Gasteiger partial charge in [0.05, 0.1) is 22.8 Å². The summed E-state index contributed by atoms with van der Waals surface area (Å²) in [5.41, 5.74) is 0.252. The van der Waals surface area contributed by atoms with E-state index < -0.39 is 11.7 Å². The molecule has 6 nitrogen and oxygen atoms in total. The van der Waals surface area contributed by atoms with Crippen molar-refractivity contribution >= 4 is 47.1 Å². The number of rotatable bonds is 8. The number of aromatic nitrogens is 2. The van der Waals surface area contributed by atoms with E-state index >= 15 is 0 Å². The molecule has 0 aliphatic rings. The molecule has 0 bridgehead atoms. The number of halogens is 4. The molecule has 0 spiro atoms. The molecule has 2 aromatic rings. The van der Waals surface area contributed by atoms with Gasteiger partial charge in [-0.05, 0) is 32.4 Å². The van der Waals surface area contributed by atoms with E-state index in [4.69, 9.17) is 0 Å². The molecule has 0 saturated heterocycles. The fraction of sp³-hybridized carbons (Fsp3) is 0.500. The zero-order chi connectivity index (χ0) is 20.6. The number of guanidine groups is 1. The van der Waals surface area contributed by atoms with Gasteiger partial charge in [-0.1, -0.05) is 0 Å². The molecule has 2 N–H and O–H groups in total. The predicted molar refractivity (Wildman–Crippen MR) is 122 cm³/mol. The first-order valence-corrected chi connectivity index (χ1v) is 9.85. The van der Waals surface area contributed by atoms with Crippen LogP contribution in [0.25, 0.3) is 0 Å². The lowest BCUT2D eigenvalue weighted by atomic mass is 10.3. The van der Waals surface area contributed by atoms with Crippen LogP contribution >= 0.6 is 35.3 Å². The fourth-order valence-corrected chi connectivity index (χ4v) is 3.02. The second-order valence-corrected chi connectivity index (χ2v) is 7.22. The first-order valence-electron chi connectivity index (χ1n) is 8.97. The van der Waals surface area contributed by atoms with Crippen LogP contribution in [0.15, 0.2) is 28.7 Å². The lowest BCUT2D eigenvalue weighted by Crippen LogP contribution is -2.38. The number of pyridine rings is 1. The fourth-order valence-electron chi connectivity index (χ4n) is 2.42. The maximum atomic E-state index is 12.5. The Morgan fingerprint density at radius 1 is 1.31 bits per heavy atom. The highest BCUT2D eigenvalue weighted by Gasteiger charge is 2.30. The number of nitrogens with zero attached hydrogens (tertiary/aromatic N) is 4. The maximum Gasteiger partial charge on any atom is 0.417 e. The summed E-state index contributed by atoms with van der Waals surface area (Å²) in [6.45, 7) is 6.56. The molecule has 0 radical (unpaired) electrons. The second kappa shape index (κ2) is 12.2. The van der Waals surface area contributed by atoms with Gasteiger partial charge in [0.2, 0.25) is 0 Å². The van der Waals surface area contributed by atoms with E-state index in [2.05, 4.69) is 25.6 Å². The van der Waals surface area contributed by atoms with Crippen molar-refractivity contribution < 1.29 is 13.2 Å². The third-order valence-electron chi connectivity index (χ3n) is 3.76. The van der Waals surface area contributed by atoms with Crippen LogP contribution in [0.1, 0.15) is 29.6 Å². The van der Waals surface area contributed by atoms with Crippen molar-refractivity contribution in [1.29, 1.82) is 0 Å². The number of nitrogens with one attached hydrogen (secondary N) is 2. The van der Waals surface area contributed by atoms with Gasteiger partial charge in [0.15, 0.2) is 5.96 Å². The highest BCUT2D eigenvalue weighted by atomic mass is 127. The van der Waals surface area contributed by atoms with E-state index in [9.17, 15) is 13.2 Å². The normalized spacial score (nSPS) is 11.7. The third-order valence-corrected chi connectivity index (χ3v) is 4.58. The zero-order valence-electron chi connectivity index (χ0n) is 16.6. The molecule has 29 heavy (non-hydrogen) atoms. The van der Waals surface area contributed by atoms with E-state index in [1.807, 2.05) is 31.2 Å². The Bertz CT molecular complexity index is 764. The number of anilines is 1. The minimum absolute atomic E-state index is 0. The number of aliphatic imine (C=N–C) groups is 1. The van der Waals surface area contributed by atoms with Crippen molar-refractivity contribution in [1.82, 2.24) is 20.2 Å². The predicted octanol–water partition coefficient (Wildman–Crippen LogP) is 4.38. The summed E-state index contributed by atoms with van der Waals surface area (Å²) in [6.07, 6.45) is -2.81. The van der Waals surface area contributed by atoms with Crippen LogP contribution in [0.3, 0.4) is 0 Å². The minimum Gasteiger partial charge on any atom is -0.370 e. The Morgan fingerprint density at radius 2 is 2.07 bits per heavy atom. The van der Waals surface area contributed by atoms with Crippen molar-refractivity contribution in [3.63, 3.8) is 0 Å². The average Bonchev–Trinajstić information content (AvgIpc) is 3.05. The summed E-state index contributed by atoms with van der Waals surface area (Å²) < 4.78 is 37.6. The van der Waals surface area contributed by atoms with Crippen LogP contribution in [0.2, 0.25) is 0 Å². The van der Waals surface area contributed by atoms with Crippen molar-refractivity contribution in [3.8, 4) is 0 Å². The first kappa shape index (κ1) is 25.4. The van der Waals surface area contributed by atoms with Crippen LogP contribution in [-0.4, -0.2) is 47.5 Å². The molecule has 0 atom stereocenters. The highest BCUT2D eigenvalue weighted by molar-refractivity contribution is 14.0. The van der Waals surface area contributed by atoms with Gasteiger partial charge < -0.3 is 15.5 Å². The maximum absolute atomic E-state index is 12.5. The molecule has 2 rings (SSSR count). The Hall–Kier alpha value is -1.63. The minimum atomic E-state index is -4.37. The largest absolute Gasteiger partial charge is 0.417 e. The van der Waals surface area contributed by atoms with Gasteiger partial charge in [-0.15, -0.1) is 35.3 Å². The summed E-state index contributed by atoms with van der Waals surface area (Å²) in [5.74, 6) is 1.21. The number of thiazole rings is 1. The molecule has 2 heterocycles. The standard InChI is InChI=1S/C18H25F3N6S.HI/c1-4-22-17(27(3)11-15-12-28-13(2)26-15)24-9-5-8-23-16-7-6-14(10-25-16)18(19,20)21;/h6-7,10,12H,4-5,8-9,11H2,1-3H3,(H,22,24)(H,23,25);1H. The molecule has 162 valence electrons. The van der Waals surface area contributed by atoms with E-state index in [0.717, 1.165) is 41.9 Å². The zero-order valence-corrected chi connectivity index (χ0v) is 19.7. The Balaban J connectivity index is 0.00000420. The average molecular weight is 542 g/mol. The van der Waals surface area contributed by atoms with Gasteiger partial charge in [-0.25, -0.2) is 9.97 Å². The van der Waals surface area contributed by atoms with Crippen LogP contribution in [-0.2, 0) is 12.7 Å². The monoisotopic (exact) mass is 542 g/mol. The molecule has 11 heteroatoms. The number of alkyl halides is 3. The lowest BCUT2D eigenvalue weighted by molar-refractivity contribution is -0.137. The first-order chi connectivity index (χ1) is 13.3. The summed E-state index contributed by atoms with van der Waals surface area (Å²) in [6, 6.07) is 2.35. The number of hydrogen-bond donors (Lipinski definition) is 2. The quantitative estimate of drug-likeness (QED) is 0.224. The van der Waals surface area contributed by atoms with Crippen LogP contribution in [0.4, 0.5) is 19.0 Å². The summed E-state index contributed by atoms with van der Waals surface area (Å²) >= 11 is 1.62. The van der Waals surface area contributed by atoms with Gasteiger partial charge in [0.25, 0.3) is 0 Å².